The van der Waals surface area contributed by atoms with Gasteiger partial charge in [0.15, 0.2) is 6.29 Å². The minimum atomic E-state index is 0.170. The standard InChI is InChI=1S/C10H10N2OS/c1-8(9-2-3-14-6-9)12-7-11-4-10(12)5-13/h2-8H,1H3. The second kappa shape index (κ2) is 3.75. The molecule has 14 heavy (non-hydrogen) atoms. The van der Waals surface area contributed by atoms with Crippen molar-refractivity contribution in [1.29, 1.82) is 0 Å². The topological polar surface area (TPSA) is 34.9 Å². The molecule has 0 aliphatic heterocycles. The summed E-state index contributed by atoms with van der Waals surface area (Å²) in [6, 6.07) is 2.23. The predicted molar refractivity (Wildman–Crippen MR) is 55.7 cm³/mol. The van der Waals surface area contributed by atoms with Gasteiger partial charge in [-0.2, -0.15) is 11.3 Å². The largest absolute Gasteiger partial charge is 0.321 e. The average Bonchev–Trinajstić information content (AvgIpc) is 2.87. The van der Waals surface area contributed by atoms with E-state index in [0.717, 1.165) is 6.29 Å². The van der Waals surface area contributed by atoms with Crippen LogP contribution in [0, 0.1) is 0 Å². The van der Waals surface area contributed by atoms with E-state index < -0.39 is 0 Å². The van der Waals surface area contributed by atoms with Crippen LogP contribution >= 0.6 is 11.3 Å². The van der Waals surface area contributed by atoms with Gasteiger partial charge in [0, 0.05) is 0 Å². The molecule has 0 fully saturated rings. The molecule has 2 rings (SSSR count). The number of rotatable bonds is 3. The molecule has 0 N–H and O–H groups in total. The highest BCUT2D eigenvalue weighted by molar-refractivity contribution is 7.07. The van der Waals surface area contributed by atoms with Crippen LogP contribution in [0.15, 0.2) is 29.4 Å². The second-order valence-corrected chi connectivity index (χ2v) is 3.86. The van der Waals surface area contributed by atoms with Crippen LogP contribution in [-0.4, -0.2) is 15.8 Å². The fourth-order valence-electron chi connectivity index (χ4n) is 1.40. The van der Waals surface area contributed by atoms with Crippen molar-refractivity contribution in [3.8, 4) is 0 Å². The maximum Gasteiger partial charge on any atom is 0.168 e. The normalized spacial score (nSPS) is 12.6. The Morgan fingerprint density at radius 3 is 3.14 bits per heavy atom. The average molecular weight is 206 g/mol. The van der Waals surface area contributed by atoms with E-state index in [4.69, 9.17) is 0 Å². The summed E-state index contributed by atoms with van der Waals surface area (Å²) >= 11 is 1.66. The molecular weight excluding hydrogens is 196 g/mol. The lowest BCUT2D eigenvalue weighted by Gasteiger charge is -2.12. The van der Waals surface area contributed by atoms with Crippen LogP contribution in [0.5, 0.6) is 0 Å². The molecule has 0 aliphatic rings. The van der Waals surface area contributed by atoms with Gasteiger partial charge in [-0.3, -0.25) is 4.79 Å². The highest BCUT2D eigenvalue weighted by Crippen LogP contribution is 2.21. The van der Waals surface area contributed by atoms with Crippen LogP contribution < -0.4 is 0 Å². The first-order valence-electron chi connectivity index (χ1n) is 4.32. The van der Waals surface area contributed by atoms with Crippen LogP contribution in [0.2, 0.25) is 0 Å². The summed E-state index contributed by atoms with van der Waals surface area (Å²) in [6.07, 6.45) is 4.10. The summed E-state index contributed by atoms with van der Waals surface area (Å²) in [4.78, 5) is 14.7. The number of hydrogen-bond donors (Lipinski definition) is 0. The van der Waals surface area contributed by atoms with Crippen molar-refractivity contribution in [2.24, 2.45) is 0 Å². The lowest BCUT2D eigenvalue weighted by atomic mass is 10.2. The summed E-state index contributed by atoms with van der Waals surface area (Å²) in [5, 5.41) is 4.11. The quantitative estimate of drug-likeness (QED) is 0.722. The summed E-state index contributed by atoms with van der Waals surface area (Å²) in [5.41, 5.74) is 1.82. The van der Waals surface area contributed by atoms with E-state index in [2.05, 4.69) is 23.4 Å². The van der Waals surface area contributed by atoms with E-state index in [1.165, 1.54) is 5.56 Å². The fourth-order valence-corrected chi connectivity index (χ4v) is 2.15. The summed E-state index contributed by atoms with van der Waals surface area (Å²) in [6.45, 7) is 2.05. The number of imidazole rings is 1. The Labute approximate surface area is 86.0 Å². The van der Waals surface area contributed by atoms with Gasteiger partial charge in [0.25, 0.3) is 0 Å². The van der Waals surface area contributed by atoms with Crippen molar-refractivity contribution in [1.82, 2.24) is 9.55 Å². The Balaban J connectivity index is 2.36. The van der Waals surface area contributed by atoms with E-state index >= 15 is 0 Å². The lowest BCUT2D eigenvalue weighted by molar-refractivity contribution is 0.111. The number of aromatic nitrogens is 2. The molecule has 0 radical (unpaired) electrons. The highest BCUT2D eigenvalue weighted by atomic mass is 32.1. The van der Waals surface area contributed by atoms with Crippen molar-refractivity contribution >= 4 is 17.6 Å². The zero-order valence-corrected chi connectivity index (χ0v) is 8.57. The van der Waals surface area contributed by atoms with E-state index in [1.54, 1.807) is 23.9 Å². The Bertz CT molecular complexity index is 419. The molecule has 0 bridgehead atoms. The van der Waals surface area contributed by atoms with Gasteiger partial charge in [-0.25, -0.2) is 4.98 Å². The van der Waals surface area contributed by atoms with E-state index in [0.29, 0.717) is 5.69 Å². The molecule has 1 atom stereocenters. The summed E-state index contributed by atoms with van der Waals surface area (Å²) in [5.74, 6) is 0. The maximum absolute atomic E-state index is 10.7. The fraction of sp³-hybridized carbons (Fsp3) is 0.200. The SMILES string of the molecule is CC(c1ccsc1)n1cncc1C=O. The number of carbonyl (C=O) groups excluding carboxylic acids is 1. The monoisotopic (exact) mass is 206 g/mol. The number of carbonyl (C=O) groups is 1. The zero-order chi connectivity index (χ0) is 9.97. The maximum atomic E-state index is 10.7. The van der Waals surface area contributed by atoms with Gasteiger partial charge in [0.05, 0.1) is 18.6 Å². The van der Waals surface area contributed by atoms with Crippen LogP contribution in [0.3, 0.4) is 0 Å². The Kier molecular flexibility index (Phi) is 2.45. The van der Waals surface area contributed by atoms with Crippen molar-refractivity contribution in [3.63, 3.8) is 0 Å². The van der Waals surface area contributed by atoms with Gasteiger partial charge >= 0.3 is 0 Å². The molecule has 3 nitrogen and oxygen atoms in total. The number of thiophene rings is 1. The predicted octanol–water partition coefficient (Wildman–Crippen LogP) is 2.37. The molecular formula is C10H10N2OS. The van der Waals surface area contributed by atoms with Gasteiger partial charge in [-0.15, -0.1) is 0 Å². The highest BCUT2D eigenvalue weighted by Gasteiger charge is 2.10. The first-order valence-corrected chi connectivity index (χ1v) is 5.26. The molecule has 2 aromatic rings. The third kappa shape index (κ3) is 1.48. The Hall–Kier alpha value is -1.42. The lowest BCUT2D eigenvalue weighted by Crippen LogP contribution is -2.07. The molecule has 0 aliphatic carbocycles. The van der Waals surface area contributed by atoms with Gasteiger partial charge < -0.3 is 4.57 Å². The molecule has 1 unspecified atom stereocenters. The van der Waals surface area contributed by atoms with Crippen LogP contribution in [0.1, 0.15) is 29.0 Å². The molecule has 2 aromatic heterocycles. The van der Waals surface area contributed by atoms with Gasteiger partial charge in [-0.05, 0) is 29.3 Å². The van der Waals surface area contributed by atoms with Gasteiger partial charge in [-0.1, -0.05) is 0 Å². The van der Waals surface area contributed by atoms with E-state index in [9.17, 15) is 4.79 Å². The first-order chi connectivity index (χ1) is 6.83. The minimum Gasteiger partial charge on any atom is -0.321 e. The first kappa shape index (κ1) is 9.15. The number of aldehydes is 1. The molecule has 0 aromatic carbocycles. The summed E-state index contributed by atoms with van der Waals surface area (Å²) in [7, 11) is 0. The third-order valence-corrected chi connectivity index (χ3v) is 2.96. The third-order valence-electron chi connectivity index (χ3n) is 2.26. The smallest absolute Gasteiger partial charge is 0.168 e. The van der Waals surface area contributed by atoms with E-state index in [-0.39, 0.29) is 6.04 Å². The molecule has 0 amide bonds. The Morgan fingerprint density at radius 1 is 1.64 bits per heavy atom. The minimum absolute atomic E-state index is 0.170. The number of nitrogens with zero attached hydrogens (tertiary/aromatic N) is 2. The second-order valence-electron chi connectivity index (χ2n) is 3.08. The van der Waals surface area contributed by atoms with Crippen LogP contribution in [0.25, 0.3) is 0 Å². The van der Waals surface area contributed by atoms with Gasteiger partial charge in [0.1, 0.15) is 5.69 Å². The van der Waals surface area contributed by atoms with Crippen molar-refractivity contribution in [2.45, 2.75) is 13.0 Å². The molecule has 2 heterocycles. The van der Waals surface area contributed by atoms with Gasteiger partial charge in [0.2, 0.25) is 0 Å². The molecule has 0 saturated heterocycles. The Morgan fingerprint density at radius 2 is 2.50 bits per heavy atom. The van der Waals surface area contributed by atoms with Crippen molar-refractivity contribution in [3.05, 3.63) is 40.6 Å². The zero-order valence-electron chi connectivity index (χ0n) is 7.75. The molecule has 4 heteroatoms. The van der Waals surface area contributed by atoms with Crippen molar-refractivity contribution < 1.29 is 4.79 Å². The summed E-state index contributed by atoms with van der Waals surface area (Å²) < 4.78 is 1.87. The number of hydrogen-bond acceptors (Lipinski definition) is 3. The molecule has 0 spiro atoms. The van der Waals surface area contributed by atoms with Crippen LogP contribution in [0.4, 0.5) is 0 Å². The van der Waals surface area contributed by atoms with Crippen LogP contribution in [-0.2, 0) is 0 Å². The molecule has 72 valence electrons. The molecule has 0 saturated carbocycles. The van der Waals surface area contributed by atoms with Crippen molar-refractivity contribution in [2.75, 3.05) is 0 Å². The van der Waals surface area contributed by atoms with E-state index in [1.807, 2.05) is 9.95 Å².